The molecule has 2 aromatic heterocycles. The highest BCUT2D eigenvalue weighted by atomic mass is 16.5. The summed E-state index contributed by atoms with van der Waals surface area (Å²) >= 11 is 0. The Morgan fingerprint density at radius 2 is 1.96 bits per heavy atom. The van der Waals surface area contributed by atoms with Gasteiger partial charge in [0.15, 0.2) is 11.5 Å². The van der Waals surface area contributed by atoms with Gasteiger partial charge in [0, 0.05) is 38.6 Å². The molecule has 2 N–H and O–H groups in total. The molecule has 0 spiro atoms. The monoisotopic (exact) mass is 387 g/mol. The minimum atomic E-state index is -0.451. The third kappa shape index (κ3) is 4.71. The summed E-state index contributed by atoms with van der Waals surface area (Å²) < 4.78 is 9.74. The van der Waals surface area contributed by atoms with Crippen molar-refractivity contribution in [2.24, 2.45) is 0 Å². The lowest BCUT2D eigenvalue weighted by molar-refractivity contribution is -0.136. The van der Waals surface area contributed by atoms with Gasteiger partial charge in [-0.15, -0.1) is 0 Å². The van der Waals surface area contributed by atoms with Gasteiger partial charge in [-0.3, -0.25) is 14.4 Å². The minimum absolute atomic E-state index is 0.0252. The van der Waals surface area contributed by atoms with Gasteiger partial charge < -0.3 is 24.7 Å². The molecule has 1 fully saturated rings. The van der Waals surface area contributed by atoms with Crippen LogP contribution in [0.25, 0.3) is 0 Å². The van der Waals surface area contributed by atoms with Crippen molar-refractivity contribution in [1.82, 2.24) is 20.2 Å². The van der Waals surface area contributed by atoms with Gasteiger partial charge in [-0.25, -0.2) is 9.97 Å². The maximum atomic E-state index is 12.6. The fraction of sp³-hybridized carbons (Fsp3) is 0.389. The number of piperidine rings is 1. The number of likely N-dealkylation sites (tertiary alicyclic amines) is 1. The number of nitrogens with zero attached hydrogens (tertiary/aromatic N) is 3. The minimum Gasteiger partial charge on any atom is -0.472 e. The largest absolute Gasteiger partial charge is 0.472 e. The quantitative estimate of drug-likeness (QED) is 0.746. The van der Waals surface area contributed by atoms with Crippen LogP contribution in [0.5, 0.6) is 0 Å². The van der Waals surface area contributed by atoms with E-state index in [0.717, 1.165) is 0 Å². The van der Waals surface area contributed by atoms with Crippen LogP contribution in [0.1, 0.15) is 33.7 Å². The van der Waals surface area contributed by atoms with Gasteiger partial charge >= 0.3 is 0 Å². The number of furan rings is 1. The highest BCUT2D eigenvalue weighted by Gasteiger charge is 2.25. The highest BCUT2D eigenvalue weighted by molar-refractivity contribution is 6.07. The van der Waals surface area contributed by atoms with Gasteiger partial charge in [0.2, 0.25) is 5.91 Å². The Bertz CT molecular complexity index is 831. The number of ether oxygens (including phenoxy) is 1. The summed E-state index contributed by atoms with van der Waals surface area (Å²) in [5.74, 6) is -0.880. The van der Waals surface area contributed by atoms with Crippen LogP contribution in [-0.2, 0) is 9.53 Å². The molecule has 0 atom stereocenters. The van der Waals surface area contributed by atoms with Crippen LogP contribution in [0.4, 0.5) is 5.82 Å². The Balaban J connectivity index is 1.59. The number of nitrogens with one attached hydrogen (secondary N) is 2. The molecule has 3 rings (SSSR count). The van der Waals surface area contributed by atoms with Crippen molar-refractivity contribution in [3.63, 3.8) is 0 Å². The standard InChI is InChI=1S/C18H21N5O5/c1-27-11-14(24)23-7-2-13(3-8-23)21-18(26)15-16(20-6-5-19-15)22-17(25)12-4-9-28-10-12/h4-6,9-10,13H,2-3,7-8,11H2,1H3,(H,21,26)(H,20,22,25). The van der Waals surface area contributed by atoms with Crippen LogP contribution < -0.4 is 10.6 Å². The fourth-order valence-electron chi connectivity index (χ4n) is 2.91. The summed E-state index contributed by atoms with van der Waals surface area (Å²) in [5, 5.41) is 5.46. The zero-order valence-electron chi connectivity index (χ0n) is 15.4. The lowest BCUT2D eigenvalue weighted by Gasteiger charge is -2.32. The fourth-order valence-corrected chi connectivity index (χ4v) is 2.91. The van der Waals surface area contributed by atoms with Crippen molar-refractivity contribution in [2.75, 3.05) is 32.1 Å². The number of aromatic nitrogens is 2. The second-order valence-electron chi connectivity index (χ2n) is 6.28. The third-order valence-corrected chi connectivity index (χ3v) is 4.38. The Hall–Kier alpha value is -3.27. The van der Waals surface area contributed by atoms with Crippen LogP contribution in [0.15, 0.2) is 35.4 Å². The average molecular weight is 387 g/mol. The molecule has 10 heteroatoms. The van der Waals surface area contributed by atoms with Crippen LogP contribution in [0.2, 0.25) is 0 Å². The van der Waals surface area contributed by atoms with Crippen molar-refractivity contribution >= 4 is 23.5 Å². The van der Waals surface area contributed by atoms with E-state index in [0.29, 0.717) is 31.5 Å². The number of rotatable bonds is 6. The molecule has 2 aromatic rings. The molecule has 3 amide bonds. The lowest BCUT2D eigenvalue weighted by atomic mass is 10.0. The molecule has 0 bridgehead atoms. The Morgan fingerprint density at radius 1 is 1.21 bits per heavy atom. The molecule has 0 unspecified atom stereocenters. The predicted octanol–water partition coefficient (Wildman–Crippen LogP) is 0.689. The molecule has 1 aliphatic rings. The number of anilines is 1. The SMILES string of the molecule is COCC(=O)N1CCC(NC(=O)c2nccnc2NC(=O)c2ccoc2)CC1. The normalized spacial score (nSPS) is 14.5. The first-order valence-electron chi connectivity index (χ1n) is 8.80. The second kappa shape index (κ2) is 9.09. The van der Waals surface area contributed by atoms with E-state index < -0.39 is 11.8 Å². The van der Waals surface area contributed by atoms with Gasteiger partial charge in [0.05, 0.1) is 11.8 Å². The zero-order valence-corrected chi connectivity index (χ0v) is 15.4. The molecule has 10 nitrogen and oxygen atoms in total. The topological polar surface area (TPSA) is 127 Å². The molecular weight excluding hydrogens is 366 g/mol. The smallest absolute Gasteiger partial charge is 0.273 e. The third-order valence-electron chi connectivity index (χ3n) is 4.38. The molecule has 28 heavy (non-hydrogen) atoms. The lowest BCUT2D eigenvalue weighted by Crippen LogP contribution is -2.47. The first kappa shape index (κ1) is 19.5. The molecule has 148 valence electrons. The Labute approximate surface area is 161 Å². The summed E-state index contributed by atoms with van der Waals surface area (Å²) in [6.07, 6.45) is 6.69. The zero-order chi connectivity index (χ0) is 19.9. The molecule has 0 saturated carbocycles. The maximum Gasteiger partial charge on any atom is 0.273 e. The molecule has 1 aliphatic heterocycles. The van der Waals surface area contributed by atoms with Gasteiger partial charge in [-0.2, -0.15) is 0 Å². The molecule has 0 aromatic carbocycles. The van der Waals surface area contributed by atoms with Crippen molar-refractivity contribution in [2.45, 2.75) is 18.9 Å². The van der Waals surface area contributed by atoms with E-state index in [9.17, 15) is 14.4 Å². The van der Waals surface area contributed by atoms with Crippen LogP contribution in [0.3, 0.4) is 0 Å². The van der Waals surface area contributed by atoms with Crippen molar-refractivity contribution in [1.29, 1.82) is 0 Å². The van der Waals surface area contributed by atoms with Crippen LogP contribution in [0, 0.1) is 0 Å². The second-order valence-corrected chi connectivity index (χ2v) is 6.28. The predicted molar refractivity (Wildman–Crippen MR) is 97.6 cm³/mol. The van der Waals surface area contributed by atoms with E-state index in [1.807, 2.05) is 0 Å². The van der Waals surface area contributed by atoms with E-state index in [4.69, 9.17) is 9.15 Å². The summed E-state index contributed by atoms with van der Waals surface area (Å²) in [6, 6.07) is 1.41. The van der Waals surface area contributed by atoms with Crippen LogP contribution in [-0.4, -0.2) is 65.4 Å². The van der Waals surface area contributed by atoms with E-state index in [1.54, 1.807) is 4.90 Å². The van der Waals surface area contributed by atoms with Gasteiger partial charge in [-0.1, -0.05) is 0 Å². The molecule has 0 radical (unpaired) electrons. The average Bonchev–Trinajstić information content (AvgIpc) is 3.24. The number of carbonyl (C=O) groups is 3. The summed E-state index contributed by atoms with van der Waals surface area (Å²) in [6.45, 7) is 1.13. The first-order valence-corrected chi connectivity index (χ1v) is 8.80. The Kier molecular flexibility index (Phi) is 6.33. The van der Waals surface area contributed by atoms with E-state index in [-0.39, 0.29) is 30.1 Å². The maximum absolute atomic E-state index is 12.6. The summed E-state index contributed by atoms with van der Waals surface area (Å²) in [5.41, 5.74) is 0.336. The summed E-state index contributed by atoms with van der Waals surface area (Å²) in [7, 11) is 1.48. The molecule has 0 aliphatic carbocycles. The number of hydrogen-bond acceptors (Lipinski definition) is 7. The van der Waals surface area contributed by atoms with Gasteiger partial charge in [-0.05, 0) is 18.9 Å². The van der Waals surface area contributed by atoms with Crippen molar-refractivity contribution < 1.29 is 23.5 Å². The van der Waals surface area contributed by atoms with Crippen LogP contribution >= 0.6 is 0 Å². The number of hydrogen-bond donors (Lipinski definition) is 2. The Morgan fingerprint density at radius 3 is 2.64 bits per heavy atom. The number of carbonyl (C=O) groups excluding carboxylic acids is 3. The summed E-state index contributed by atoms with van der Waals surface area (Å²) in [4.78, 5) is 46.5. The molecular formula is C18H21N5O5. The molecule has 1 saturated heterocycles. The van der Waals surface area contributed by atoms with Gasteiger partial charge in [0.25, 0.3) is 11.8 Å². The van der Waals surface area contributed by atoms with E-state index in [2.05, 4.69) is 20.6 Å². The number of amides is 3. The van der Waals surface area contributed by atoms with E-state index >= 15 is 0 Å². The highest BCUT2D eigenvalue weighted by Crippen LogP contribution is 2.14. The van der Waals surface area contributed by atoms with Gasteiger partial charge in [0.1, 0.15) is 12.9 Å². The van der Waals surface area contributed by atoms with Crippen molar-refractivity contribution in [3.8, 4) is 0 Å². The molecule has 3 heterocycles. The van der Waals surface area contributed by atoms with E-state index in [1.165, 1.54) is 38.1 Å². The number of methoxy groups -OCH3 is 1. The first-order chi connectivity index (χ1) is 13.6. The van der Waals surface area contributed by atoms with Crippen molar-refractivity contribution in [3.05, 3.63) is 42.2 Å².